The first-order valence-electron chi connectivity index (χ1n) is 9.90. The quantitative estimate of drug-likeness (QED) is 0.450. The maximum atomic E-state index is 13.8. The van der Waals surface area contributed by atoms with Gasteiger partial charge in [0.25, 0.3) is 0 Å². The van der Waals surface area contributed by atoms with Crippen LogP contribution in [-0.4, -0.2) is 22.6 Å². The Labute approximate surface area is 187 Å². The lowest BCUT2D eigenvalue weighted by atomic mass is 10.2. The van der Waals surface area contributed by atoms with Gasteiger partial charge in [-0.15, -0.1) is 0 Å². The number of nitrogens with zero attached hydrogens (tertiary/aromatic N) is 2. The molecule has 162 valence electrons. The molecule has 0 fully saturated rings. The van der Waals surface area contributed by atoms with E-state index in [2.05, 4.69) is 15.7 Å². The van der Waals surface area contributed by atoms with Gasteiger partial charge in [-0.25, -0.2) is 9.18 Å². The van der Waals surface area contributed by atoms with E-state index in [1.165, 1.54) is 6.07 Å². The number of anilines is 1. The fraction of sp³-hybridized carbons (Fsp3) is 0.130. The summed E-state index contributed by atoms with van der Waals surface area (Å²) < 4.78 is 26.3. The SMILES string of the molecule is O=C(NCc1ccccc1F)Nc1nn(Cc2cc3c(cc2Cl)OCO3)c2ccccc12. The van der Waals surface area contributed by atoms with E-state index >= 15 is 0 Å². The molecule has 1 aliphatic heterocycles. The molecule has 0 atom stereocenters. The second-order valence-electron chi connectivity index (χ2n) is 7.22. The minimum atomic E-state index is -0.482. The maximum Gasteiger partial charge on any atom is 0.320 e. The molecule has 32 heavy (non-hydrogen) atoms. The molecular formula is C23H18ClFN4O3. The van der Waals surface area contributed by atoms with Crippen molar-refractivity contribution in [1.82, 2.24) is 15.1 Å². The monoisotopic (exact) mass is 452 g/mol. The Kier molecular flexibility index (Phi) is 5.28. The molecule has 1 aliphatic rings. The Morgan fingerprint density at radius 2 is 1.81 bits per heavy atom. The third-order valence-electron chi connectivity index (χ3n) is 5.15. The van der Waals surface area contributed by atoms with Crippen LogP contribution in [-0.2, 0) is 13.1 Å². The van der Waals surface area contributed by atoms with Gasteiger partial charge in [0.1, 0.15) is 5.82 Å². The van der Waals surface area contributed by atoms with Crippen molar-refractivity contribution in [3.05, 3.63) is 82.6 Å². The fourth-order valence-corrected chi connectivity index (χ4v) is 3.76. The molecule has 3 aromatic carbocycles. The van der Waals surface area contributed by atoms with Crippen LogP contribution >= 0.6 is 11.6 Å². The molecule has 7 nitrogen and oxygen atoms in total. The van der Waals surface area contributed by atoms with Crippen LogP contribution < -0.4 is 20.1 Å². The number of hydrogen-bond donors (Lipinski definition) is 2. The van der Waals surface area contributed by atoms with Crippen molar-refractivity contribution in [2.75, 3.05) is 12.1 Å². The Morgan fingerprint density at radius 1 is 1.06 bits per heavy atom. The zero-order chi connectivity index (χ0) is 22.1. The summed E-state index contributed by atoms with van der Waals surface area (Å²) >= 11 is 6.43. The van der Waals surface area contributed by atoms with Crippen molar-refractivity contribution in [3.63, 3.8) is 0 Å². The number of benzene rings is 3. The van der Waals surface area contributed by atoms with E-state index in [1.54, 1.807) is 28.9 Å². The highest BCUT2D eigenvalue weighted by atomic mass is 35.5. The van der Waals surface area contributed by atoms with E-state index in [0.717, 1.165) is 16.5 Å². The number of ether oxygens (including phenoxy) is 2. The van der Waals surface area contributed by atoms with Gasteiger partial charge < -0.3 is 14.8 Å². The summed E-state index contributed by atoms with van der Waals surface area (Å²) in [6.07, 6.45) is 0. The zero-order valence-corrected chi connectivity index (χ0v) is 17.5. The molecule has 0 saturated carbocycles. The highest BCUT2D eigenvalue weighted by molar-refractivity contribution is 6.31. The molecule has 2 amide bonds. The van der Waals surface area contributed by atoms with Gasteiger partial charge in [0.05, 0.1) is 12.1 Å². The summed E-state index contributed by atoms with van der Waals surface area (Å²) in [5.74, 6) is 1.26. The number of carbonyl (C=O) groups excluding carboxylic acids is 1. The number of halogens is 2. The van der Waals surface area contributed by atoms with Gasteiger partial charge in [-0.3, -0.25) is 10.00 Å². The van der Waals surface area contributed by atoms with Crippen molar-refractivity contribution >= 4 is 34.4 Å². The number of carbonyl (C=O) groups is 1. The molecule has 4 aromatic rings. The second kappa shape index (κ2) is 8.39. The lowest BCUT2D eigenvalue weighted by Gasteiger charge is -2.08. The highest BCUT2D eigenvalue weighted by Gasteiger charge is 2.19. The van der Waals surface area contributed by atoms with Crippen molar-refractivity contribution in [2.24, 2.45) is 0 Å². The molecule has 0 unspecified atom stereocenters. The maximum absolute atomic E-state index is 13.8. The lowest BCUT2D eigenvalue weighted by molar-refractivity contribution is 0.174. The number of hydrogen-bond acceptors (Lipinski definition) is 4. The van der Waals surface area contributed by atoms with Gasteiger partial charge in [0.2, 0.25) is 6.79 Å². The number of rotatable bonds is 5. The molecule has 2 N–H and O–H groups in total. The van der Waals surface area contributed by atoms with Crippen LogP contribution in [0.4, 0.5) is 15.0 Å². The van der Waals surface area contributed by atoms with Crippen molar-refractivity contribution < 1.29 is 18.7 Å². The molecule has 1 aromatic heterocycles. The molecule has 0 saturated heterocycles. The van der Waals surface area contributed by atoms with Crippen LogP contribution in [0.25, 0.3) is 10.9 Å². The predicted molar refractivity (Wildman–Crippen MR) is 119 cm³/mol. The lowest BCUT2D eigenvalue weighted by Crippen LogP contribution is -2.28. The number of nitrogens with one attached hydrogen (secondary N) is 2. The van der Waals surface area contributed by atoms with E-state index < -0.39 is 6.03 Å². The van der Waals surface area contributed by atoms with Crippen LogP contribution in [0.5, 0.6) is 11.5 Å². The minimum absolute atomic E-state index is 0.0595. The van der Waals surface area contributed by atoms with Gasteiger partial charge in [-0.2, -0.15) is 5.10 Å². The first kappa shape index (κ1) is 20.1. The van der Waals surface area contributed by atoms with Crippen LogP contribution in [0.2, 0.25) is 5.02 Å². The summed E-state index contributed by atoms with van der Waals surface area (Å²) in [5, 5.41) is 11.3. The molecule has 0 bridgehead atoms. The Bertz CT molecular complexity index is 1320. The van der Waals surface area contributed by atoms with Crippen LogP contribution in [0.1, 0.15) is 11.1 Å². The standard InChI is InChI=1S/C23H18ClFN4O3/c24-17-10-21-20(31-13-32-21)9-15(17)12-29-19-8-4-2-6-16(19)22(28-29)27-23(30)26-11-14-5-1-3-7-18(14)25/h1-10H,11-13H2,(H2,26,27,28,30). The van der Waals surface area contributed by atoms with E-state index in [1.807, 2.05) is 30.3 Å². The van der Waals surface area contributed by atoms with Gasteiger partial charge in [-0.05, 0) is 29.8 Å². The Morgan fingerprint density at radius 3 is 2.66 bits per heavy atom. The Balaban J connectivity index is 1.37. The second-order valence-corrected chi connectivity index (χ2v) is 7.63. The van der Waals surface area contributed by atoms with E-state index in [-0.39, 0.29) is 19.2 Å². The summed E-state index contributed by atoms with van der Waals surface area (Å²) in [6, 6.07) is 16.9. The number of amides is 2. The van der Waals surface area contributed by atoms with Gasteiger partial charge >= 0.3 is 6.03 Å². The normalized spacial score (nSPS) is 12.2. The number of aromatic nitrogens is 2. The number of urea groups is 1. The third kappa shape index (κ3) is 3.92. The summed E-state index contributed by atoms with van der Waals surface area (Å²) in [7, 11) is 0. The summed E-state index contributed by atoms with van der Waals surface area (Å²) in [6.45, 7) is 0.592. The van der Waals surface area contributed by atoms with E-state index in [4.69, 9.17) is 21.1 Å². The summed E-state index contributed by atoms with van der Waals surface area (Å²) in [4.78, 5) is 12.4. The highest BCUT2D eigenvalue weighted by Crippen LogP contribution is 2.37. The van der Waals surface area contributed by atoms with Crippen LogP contribution in [0, 0.1) is 5.82 Å². The average Bonchev–Trinajstić information content (AvgIpc) is 3.38. The first-order chi connectivity index (χ1) is 15.6. The zero-order valence-electron chi connectivity index (χ0n) is 16.8. The first-order valence-corrected chi connectivity index (χ1v) is 10.3. The van der Waals surface area contributed by atoms with Gasteiger partial charge in [0.15, 0.2) is 17.3 Å². The van der Waals surface area contributed by atoms with E-state index in [9.17, 15) is 9.18 Å². The Hall–Kier alpha value is -3.78. The average molecular weight is 453 g/mol. The smallest absolute Gasteiger partial charge is 0.320 e. The third-order valence-corrected chi connectivity index (χ3v) is 5.50. The van der Waals surface area contributed by atoms with Gasteiger partial charge in [-0.1, -0.05) is 41.9 Å². The molecule has 2 heterocycles. The molecule has 0 spiro atoms. The fourth-order valence-electron chi connectivity index (χ4n) is 3.55. The van der Waals surface area contributed by atoms with Crippen LogP contribution in [0.15, 0.2) is 60.7 Å². The van der Waals surface area contributed by atoms with Crippen LogP contribution in [0.3, 0.4) is 0 Å². The molecule has 0 aliphatic carbocycles. The molecule has 5 rings (SSSR count). The predicted octanol–water partition coefficient (Wildman–Crippen LogP) is 4.93. The van der Waals surface area contributed by atoms with Gasteiger partial charge in [0, 0.05) is 28.6 Å². The van der Waals surface area contributed by atoms with Crippen molar-refractivity contribution in [1.29, 1.82) is 0 Å². The van der Waals surface area contributed by atoms with Crippen molar-refractivity contribution in [2.45, 2.75) is 13.1 Å². The molecule has 0 radical (unpaired) electrons. The number of fused-ring (bicyclic) bond motifs is 2. The topological polar surface area (TPSA) is 77.4 Å². The largest absolute Gasteiger partial charge is 0.454 e. The minimum Gasteiger partial charge on any atom is -0.454 e. The number of para-hydroxylation sites is 1. The summed E-state index contributed by atoms with van der Waals surface area (Å²) in [5.41, 5.74) is 2.03. The molecular weight excluding hydrogens is 435 g/mol. The molecule has 9 heteroatoms. The van der Waals surface area contributed by atoms with E-state index in [0.29, 0.717) is 34.4 Å². The van der Waals surface area contributed by atoms with Crippen molar-refractivity contribution in [3.8, 4) is 11.5 Å².